The Morgan fingerprint density at radius 2 is 1.65 bits per heavy atom. The topological polar surface area (TPSA) is 183 Å². The van der Waals surface area contributed by atoms with Gasteiger partial charge in [0.05, 0.1) is 25.2 Å². The summed E-state index contributed by atoms with van der Waals surface area (Å²) in [5.74, 6) is -1.34. The third-order valence-electron chi connectivity index (χ3n) is 6.68. The van der Waals surface area contributed by atoms with E-state index < -0.39 is 24.2 Å². The van der Waals surface area contributed by atoms with Gasteiger partial charge in [-0.3, -0.25) is 24.0 Å². The molecule has 0 aromatic heterocycles. The number of anilines is 1. The second-order valence-electron chi connectivity index (χ2n) is 10.6. The Balaban J connectivity index is 1.66. The Labute approximate surface area is 252 Å². The van der Waals surface area contributed by atoms with Crippen LogP contribution in [0.1, 0.15) is 71.3 Å². The van der Waals surface area contributed by atoms with Crippen molar-refractivity contribution < 1.29 is 38.2 Å². The van der Waals surface area contributed by atoms with Crippen molar-refractivity contribution in [1.82, 2.24) is 10.6 Å². The molecule has 2 rings (SSSR count). The standard InChI is InChI=1S/C31H44N4O8/c1-4-42-31(41)23-18-26(32)30(34-21(3)37)27(19-23)43-16-6-15-33-28(39)7-5-8-29(40)35-24-12-9-22(10-13-24)11-14-25(38)17-20(2)36/h9-10,12-13,19,26-27,30H,4-8,11,14-18,32H2,1-3H3,(H,33,39)(H,34,37)(H,35,40)/t26-,27+,30+/m0/s1. The fourth-order valence-corrected chi connectivity index (χ4v) is 4.59. The first-order valence-corrected chi connectivity index (χ1v) is 14.7. The average molecular weight is 601 g/mol. The summed E-state index contributed by atoms with van der Waals surface area (Å²) in [4.78, 5) is 71.0. The fraction of sp³-hybridized carbons (Fsp3) is 0.548. The van der Waals surface area contributed by atoms with Gasteiger partial charge in [-0.25, -0.2) is 4.79 Å². The maximum atomic E-state index is 12.3. The summed E-state index contributed by atoms with van der Waals surface area (Å²) < 4.78 is 11.0. The average Bonchev–Trinajstić information content (AvgIpc) is 2.93. The summed E-state index contributed by atoms with van der Waals surface area (Å²) in [5.41, 5.74) is 8.18. The van der Waals surface area contributed by atoms with Gasteiger partial charge in [-0.15, -0.1) is 0 Å². The van der Waals surface area contributed by atoms with Crippen LogP contribution in [0.3, 0.4) is 0 Å². The summed E-state index contributed by atoms with van der Waals surface area (Å²) >= 11 is 0. The number of nitrogens with two attached hydrogens (primary N) is 1. The number of hydrogen-bond acceptors (Lipinski definition) is 9. The first-order valence-electron chi connectivity index (χ1n) is 14.7. The first kappa shape index (κ1) is 35.3. The van der Waals surface area contributed by atoms with Crippen molar-refractivity contribution in [3.05, 3.63) is 41.5 Å². The van der Waals surface area contributed by atoms with Crippen LogP contribution in [-0.4, -0.2) is 73.2 Å². The van der Waals surface area contributed by atoms with Gasteiger partial charge in [0.15, 0.2) is 0 Å². The maximum absolute atomic E-state index is 12.3. The molecule has 3 atom stereocenters. The van der Waals surface area contributed by atoms with Crippen LogP contribution in [0.25, 0.3) is 0 Å². The highest BCUT2D eigenvalue weighted by Gasteiger charge is 2.34. The van der Waals surface area contributed by atoms with Gasteiger partial charge < -0.3 is 31.2 Å². The molecule has 0 saturated carbocycles. The minimum absolute atomic E-state index is 0.0453. The summed E-state index contributed by atoms with van der Waals surface area (Å²) in [5, 5.41) is 8.38. The molecule has 1 aliphatic rings. The van der Waals surface area contributed by atoms with Crippen molar-refractivity contribution >= 4 is 40.9 Å². The summed E-state index contributed by atoms with van der Waals surface area (Å²) in [6.45, 7) is 5.35. The van der Waals surface area contributed by atoms with Crippen LogP contribution in [0.4, 0.5) is 5.69 Å². The molecule has 3 amide bonds. The predicted molar refractivity (Wildman–Crippen MR) is 160 cm³/mol. The number of esters is 1. The summed E-state index contributed by atoms with van der Waals surface area (Å²) in [7, 11) is 0. The second-order valence-corrected chi connectivity index (χ2v) is 10.6. The Bertz CT molecular complexity index is 1160. The van der Waals surface area contributed by atoms with E-state index in [1.54, 1.807) is 25.1 Å². The molecule has 12 nitrogen and oxygen atoms in total. The van der Waals surface area contributed by atoms with Gasteiger partial charge in [0, 0.05) is 56.6 Å². The Kier molecular flexibility index (Phi) is 15.3. The van der Waals surface area contributed by atoms with Crippen LogP contribution < -0.4 is 21.7 Å². The number of ketones is 2. The Morgan fingerprint density at radius 1 is 0.953 bits per heavy atom. The zero-order valence-electron chi connectivity index (χ0n) is 25.2. The summed E-state index contributed by atoms with van der Waals surface area (Å²) in [6, 6.07) is 6.15. The van der Waals surface area contributed by atoms with Gasteiger partial charge in [-0.05, 0) is 63.3 Å². The van der Waals surface area contributed by atoms with E-state index in [0.29, 0.717) is 43.5 Å². The van der Waals surface area contributed by atoms with E-state index >= 15 is 0 Å². The molecule has 0 saturated heterocycles. The molecule has 0 heterocycles. The normalized spacial score (nSPS) is 17.8. The minimum atomic E-state index is -0.612. The zero-order chi connectivity index (χ0) is 31.8. The molecule has 1 aromatic carbocycles. The van der Waals surface area contributed by atoms with Crippen molar-refractivity contribution in [2.75, 3.05) is 25.1 Å². The fourth-order valence-electron chi connectivity index (χ4n) is 4.59. The summed E-state index contributed by atoms with van der Waals surface area (Å²) in [6.07, 6.45) is 3.31. The number of amides is 3. The van der Waals surface area contributed by atoms with Crippen LogP contribution in [0.5, 0.6) is 0 Å². The van der Waals surface area contributed by atoms with Gasteiger partial charge >= 0.3 is 5.97 Å². The molecule has 0 bridgehead atoms. The maximum Gasteiger partial charge on any atom is 0.333 e. The Hall–Kier alpha value is -3.90. The number of Topliss-reactive ketones (excluding diaryl/α,β-unsaturated/α-hetero) is 2. The molecular formula is C31H44N4O8. The van der Waals surface area contributed by atoms with E-state index in [1.807, 2.05) is 12.1 Å². The number of rotatable bonds is 18. The van der Waals surface area contributed by atoms with E-state index in [1.165, 1.54) is 13.8 Å². The van der Waals surface area contributed by atoms with E-state index in [0.717, 1.165) is 5.56 Å². The van der Waals surface area contributed by atoms with Crippen LogP contribution in [0, 0.1) is 0 Å². The number of carbonyl (C=O) groups is 6. The van der Waals surface area contributed by atoms with Crippen LogP contribution in [0.15, 0.2) is 35.9 Å². The van der Waals surface area contributed by atoms with Crippen molar-refractivity contribution in [2.45, 2.75) is 90.3 Å². The van der Waals surface area contributed by atoms with Gasteiger partial charge in [0.2, 0.25) is 17.7 Å². The smallest absolute Gasteiger partial charge is 0.333 e. The first-order chi connectivity index (χ1) is 20.5. The molecule has 5 N–H and O–H groups in total. The number of benzene rings is 1. The second kappa shape index (κ2) is 18.6. The molecule has 43 heavy (non-hydrogen) atoms. The highest BCUT2D eigenvalue weighted by molar-refractivity contribution is 5.98. The molecule has 12 heteroatoms. The monoisotopic (exact) mass is 600 g/mol. The molecule has 1 aromatic rings. The SMILES string of the molecule is CCOC(=O)C1=C[C@@H](OCCCNC(=O)CCCC(=O)Nc2ccc(CCC(=O)CC(C)=O)cc2)[C@H](NC(C)=O)[C@@H](N)C1. The van der Waals surface area contributed by atoms with Crippen molar-refractivity contribution in [3.8, 4) is 0 Å². The lowest BCUT2D eigenvalue weighted by Gasteiger charge is -2.35. The molecule has 236 valence electrons. The number of aryl methyl sites for hydroxylation is 1. The minimum Gasteiger partial charge on any atom is -0.463 e. The predicted octanol–water partition coefficient (Wildman–Crippen LogP) is 1.89. The number of nitrogens with one attached hydrogen (secondary N) is 3. The van der Waals surface area contributed by atoms with Crippen molar-refractivity contribution in [2.24, 2.45) is 5.73 Å². The van der Waals surface area contributed by atoms with Crippen LogP contribution in [0.2, 0.25) is 0 Å². The number of hydrogen-bond donors (Lipinski definition) is 4. The van der Waals surface area contributed by atoms with E-state index in [2.05, 4.69) is 16.0 Å². The van der Waals surface area contributed by atoms with Gasteiger partial charge in [-0.2, -0.15) is 0 Å². The highest BCUT2D eigenvalue weighted by Crippen LogP contribution is 2.22. The largest absolute Gasteiger partial charge is 0.463 e. The van der Waals surface area contributed by atoms with E-state index in [9.17, 15) is 28.8 Å². The van der Waals surface area contributed by atoms with E-state index in [-0.39, 0.29) is 68.2 Å². The van der Waals surface area contributed by atoms with Gasteiger partial charge in [-0.1, -0.05) is 12.1 Å². The molecule has 0 fully saturated rings. The highest BCUT2D eigenvalue weighted by atomic mass is 16.5. The van der Waals surface area contributed by atoms with Crippen LogP contribution >= 0.6 is 0 Å². The van der Waals surface area contributed by atoms with Crippen molar-refractivity contribution in [3.63, 3.8) is 0 Å². The zero-order valence-corrected chi connectivity index (χ0v) is 25.2. The molecule has 0 unspecified atom stereocenters. The third kappa shape index (κ3) is 13.7. The quantitative estimate of drug-likeness (QED) is 0.111. The third-order valence-corrected chi connectivity index (χ3v) is 6.68. The molecule has 0 radical (unpaired) electrons. The molecular weight excluding hydrogens is 556 g/mol. The lowest BCUT2D eigenvalue weighted by Crippen LogP contribution is -2.56. The number of ether oxygens (including phenoxy) is 2. The van der Waals surface area contributed by atoms with Gasteiger partial charge in [0.1, 0.15) is 11.6 Å². The molecule has 0 spiro atoms. The Morgan fingerprint density at radius 3 is 2.30 bits per heavy atom. The van der Waals surface area contributed by atoms with Gasteiger partial charge in [0.25, 0.3) is 0 Å². The van der Waals surface area contributed by atoms with Crippen LogP contribution in [-0.2, 0) is 44.7 Å². The lowest BCUT2D eigenvalue weighted by molar-refractivity contribution is -0.139. The molecule has 0 aliphatic heterocycles. The number of carbonyl (C=O) groups excluding carboxylic acids is 6. The van der Waals surface area contributed by atoms with E-state index in [4.69, 9.17) is 15.2 Å². The molecule has 1 aliphatic carbocycles. The lowest BCUT2D eigenvalue weighted by atomic mass is 9.88. The van der Waals surface area contributed by atoms with Crippen molar-refractivity contribution in [1.29, 1.82) is 0 Å².